The molecule has 144 valence electrons. The zero-order valence-electron chi connectivity index (χ0n) is 15.4. The molecule has 0 radical (unpaired) electrons. The van der Waals surface area contributed by atoms with Gasteiger partial charge in [-0.2, -0.15) is 0 Å². The monoisotopic (exact) mass is 466 g/mol. The molecule has 0 unspecified atom stereocenters. The van der Waals surface area contributed by atoms with Crippen LogP contribution < -0.4 is 5.32 Å². The van der Waals surface area contributed by atoms with Gasteiger partial charge in [-0.15, -0.1) is 0 Å². The van der Waals surface area contributed by atoms with Gasteiger partial charge in [-0.1, -0.05) is 57.9 Å². The largest absolute Gasteiger partial charge is 0.436 e. The topological polar surface area (TPSA) is 55.1 Å². The fourth-order valence-corrected chi connectivity index (χ4v) is 3.49. The quantitative estimate of drug-likeness (QED) is 0.352. The number of amides is 1. The Morgan fingerprint density at radius 2 is 1.90 bits per heavy atom. The maximum Gasteiger partial charge on any atom is 0.256 e. The van der Waals surface area contributed by atoms with E-state index in [1.807, 2.05) is 55.5 Å². The molecule has 0 fully saturated rings. The molecule has 0 saturated heterocycles. The highest BCUT2D eigenvalue weighted by Crippen LogP contribution is 2.30. The molecule has 1 heterocycles. The maximum atomic E-state index is 12.9. The summed E-state index contributed by atoms with van der Waals surface area (Å²) in [4.78, 5) is 17.3. The molecule has 6 heteroatoms. The smallest absolute Gasteiger partial charge is 0.256 e. The Morgan fingerprint density at radius 3 is 2.69 bits per heavy atom. The van der Waals surface area contributed by atoms with Gasteiger partial charge in [-0.05, 0) is 48.9 Å². The number of hydrogen-bond acceptors (Lipinski definition) is 3. The molecule has 1 aromatic heterocycles. The Kier molecular flexibility index (Phi) is 5.51. The molecule has 0 atom stereocenters. The van der Waals surface area contributed by atoms with Crippen molar-refractivity contribution in [3.8, 4) is 22.8 Å². The van der Waals surface area contributed by atoms with Gasteiger partial charge >= 0.3 is 0 Å². The van der Waals surface area contributed by atoms with E-state index in [0.29, 0.717) is 33.5 Å². The van der Waals surface area contributed by atoms with Crippen LogP contribution in [0.3, 0.4) is 0 Å². The molecule has 4 nitrogen and oxygen atoms in total. The molecule has 1 amide bonds. The molecule has 29 heavy (non-hydrogen) atoms. The van der Waals surface area contributed by atoms with Crippen LogP contribution in [0.1, 0.15) is 15.9 Å². The molecule has 4 aromatic rings. The van der Waals surface area contributed by atoms with E-state index in [9.17, 15) is 4.79 Å². The second-order valence-electron chi connectivity index (χ2n) is 6.50. The summed E-state index contributed by atoms with van der Waals surface area (Å²) < 4.78 is 6.90. The lowest BCUT2D eigenvalue weighted by Crippen LogP contribution is -2.13. The zero-order chi connectivity index (χ0) is 20.4. The molecule has 4 rings (SSSR count). The summed E-state index contributed by atoms with van der Waals surface area (Å²) in [5, 5.41) is 3.48. The van der Waals surface area contributed by atoms with Crippen molar-refractivity contribution in [1.82, 2.24) is 4.98 Å². The summed E-state index contributed by atoms with van der Waals surface area (Å²) in [7, 11) is 0. The number of anilines is 1. The first-order chi connectivity index (χ1) is 14.0. The van der Waals surface area contributed by atoms with Crippen LogP contribution in [0.25, 0.3) is 22.8 Å². The second kappa shape index (κ2) is 8.23. The highest BCUT2D eigenvalue weighted by molar-refractivity contribution is 9.10. The molecule has 0 spiro atoms. The lowest BCUT2D eigenvalue weighted by Gasteiger charge is -2.09. The van der Waals surface area contributed by atoms with Crippen molar-refractivity contribution in [2.45, 2.75) is 6.92 Å². The number of benzene rings is 3. The number of rotatable bonds is 4. The van der Waals surface area contributed by atoms with Crippen LogP contribution >= 0.6 is 27.5 Å². The van der Waals surface area contributed by atoms with Crippen LogP contribution in [0.2, 0.25) is 5.02 Å². The number of aryl methyl sites for hydroxylation is 1. The van der Waals surface area contributed by atoms with Crippen LogP contribution in [0.5, 0.6) is 0 Å². The fourth-order valence-electron chi connectivity index (χ4n) is 2.91. The average Bonchev–Trinajstić information content (AvgIpc) is 3.21. The minimum atomic E-state index is -0.261. The Balaban J connectivity index is 1.65. The number of oxazole rings is 1. The highest BCUT2D eigenvalue weighted by atomic mass is 79.9. The van der Waals surface area contributed by atoms with Crippen LogP contribution in [0, 0.1) is 6.92 Å². The van der Waals surface area contributed by atoms with Gasteiger partial charge in [0, 0.05) is 26.3 Å². The van der Waals surface area contributed by atoms with Gasteiger partial charge in [0.25, 0.3) is 5.91 Å². The van der Waals surface area contributed by atoms with Gasteiger partial charge in [0.2, 0.25) is 5.89 Å². The van der Waals surface area contributed by atoms with E-state index in [2.05, 4.69) is 26.2 Å². The number of carbonyl (C=O) groups excluding carboxylic acids is 1. The number of aromatic nitrogens is 1. The summed E-state index contributed by atoms with van der Waals surface area (Å²) in [6.07, 6.45) is 1.66. The SMILES string of the molecule is Cc1ccc(NC(=O)c2ccccc2-c2ncc(-c3cccc(Br)c3)o2)cc1Cl. The minimum absolute atomic E-state index is 0.261. The molecule has 0 aliphatic rings. The van der Waals surface area contributed by atoms with E-state index >= 15 is 0 Å². The van der Waals surface area contributed by atoms with E-state index in [1.165, 1.54) is 0 Å². The van der Waals surface area contributed by atoms with Crippen LogP contribution in [0.15, 0.2) is 81.8 Å². The molecule has 0 aliphatic heterocycles. The number of hydrogen-bond donors (Lipinski definition) is 1. The van der Waals surface area contributed by atoms with Crippen molar-refractivity contribution in [3.63, 3.8) is 0 Å². The highest BCUT2D eigenvalue weighted by Gasteiger charge is 2.17. The van der Waals surface area contributed by atoms with Crippen molar-refractivity contribution < 1.29 is 9.21 Å². The molecule has 3 aromatic carbocycles. The number of nitrogens with zero attached hydrogens (tertiary/aromatic N) is 1. The number of halogens is 2. The number of nitrogens with one attached hydrogen (secondary N) is 1. The van der Waals surface area contributed by atoms with E-state index in [0.717, 1.165) is 15.6 Å². The summed E-state index contributed by atoms with van der Waals surface area (Å²) in [6.45, 7) is 1.91. The lowest BCUT2D eigenvalue weighted by molar-refractivity contribution is 0.102. The predicted molar refractivity (Wildman–Crippen MR) is 119 cm³/mol. The predicted octanol–water partition coefficient (Wildman–Crippen LogP) is 6.99. The number of carbonyl (C=O) groups is 1. The Hall–Kier alpha value is -2.89. The Morgan fingerprint density at radius 1 is 1.07 bits per heavy atom. The summed E-state index contributed by atoms with van der Waals surface area (Å²) in [5.41, 5.74) is 3.55. The third-order valence-electron chi connectivity index (χ3n) is 4.45. The third-order valence-corrected chi connectivity index (χ3v) is 5.35. The molecular formula is C23H16BrClN2O2. The van der Waals surface area contributed by atoms with Crippen molar-refractivity contribution in [3.05, 3.63) is 93.5 Å². The normalized spacial score (nSPS) is 10.7. The zero-order valence-corrected chi connectivity index (χ0v) is 17.8. The first-order valence-electron chi connectivity index (χ1n) is 8.90. The van der Waals surface area contributed by atoms with Crippen molar-refractivity contribution >= 4 is 39.1 Å². The summed E-state index contributed by atoms with van der Waals surface area (Å²) >= 11 is 9.62. The maximum absolute atomic E-state index is 12.9. The van der Waals surface area contributed by atoms with Crippen molar-refractivity contribution in [2.24, 2.45) is 0 Å². The third kappa shape index (κ3) is 4.26. The van der Waals surface area contributed by atoms with Crippen LogP contribution in [-0.4, -0.2) is 10.9 Å². The van der Waals surface area contributed by atoms with E-state index < -0.39 is 0 Å². The summed E-state index contributed by atoms with van der Waals surface area (Å²) in [6, 6.07) is 20.4. The second-order valence-corrected chi connectivity index (χ2v) is 7.83. The fraction of sp³-hybridized carbons (Fsp3) is 0.0435. The Labute approximate surface area is 181 Å². The van der Waals surface area contributed by atoms with Crippen molar-refractivity contribution in [1.29, 1.82) is 0 Å². The average molecular weight is 468 g/mol. The first-order valence-corrected chi connectivity index (χ1v) is 10.1. The standard InChI is InChI=1S/C23H16BrClN2O2/c1-14-9-10-17(12-20(14)25)27-22(28)18-7-2-3-8-19(18)23-26-13-21(29-23)15-5-4-6-16(24)11-15/h2-13H,1H3,(H,27,28). The van der Waals surface area contributed by atoms with Gasteiger partial charge < -0.3 is 9.73 Å². The lowest BCUT2D eigenvalue weighted by atomic mass is 10.1. The van der Waals surface area contributed by atoms with E-state index in [1.54, 1.807) is 24.4 Å². The molecular weight excluding hydrogens is 452 g/mol. The van der Waals surface area contributed by atoms with Gasteiger partial charge in [0.1, 0.15) is 0 Å². The van der Waals surface area contributed by atoms with Crippen molar-refractivity contribution in [2.75, 3.05) is 5.32 Å². The van der Waals surface area contributed by atoms with Gasteiger partial charge in [0.05, 0.1) is 11.8 Å². The summed E-state index contributed by atoms with van der Waals surface area (Å²) in [5.74, 6) is 0.747. The van der Waals surface area contributed by atoms with Gasteiger partial charge in [-0.25, -0.2) is 4.98 Å². The molecule has 0 saturated carbocycles. The molecule has 1 N–H and O–H groups in total. The van der Waals surface area contributed by atoms with Gasteiger partial charge in [-0.3, -0.25) is 4.79 Å². The van der Waals surface area contributed by atoms with Crippen LogP contribution in [0.4, 0.5) is 5.69 Å². The van der Waals surface area contributed by atoms with Crippen LogP contribution in [-0.2, 0) is 0 Å². The molecule has 0 bridgehead atoms. The Bertz CT molecular complexity index is 1200. The first kappa shape index (κ1) is 19.4. The minimum Gasteiger partial charge on any atom is -0.436 e. The van der Waals surface area contributed by atoms with E-state index in [4.69, 9.17) is 16.0 Å². The molecule has 0 aliphatic carbocycles. The van der Waals surface area contributed by atoms with E-state index in [-0.39, 0.29) is 5.91 Å². The van der Waals surface area contributed by atoms with Gasteiger partial charge in [0.15, 0.2) is 5.76 Å².